The Labute approximate surface area is 210 Å². The fourth-order valence-corrected chi connectivity index (χ4v) is 3.97. The molecule has 0 N–H and O–H groups in total. The third-order valence-corrected chi connectivity index (χ3v) is 5.94. The Hall–Kier alpha value is -4.26. The average Bonchev–Trinajstić information content (AvgIpc) is 3.23. The monoisotopic (exact) mass is 483 g/mol. The van der Waals surface area contributed by atoms with E-state index in [-0.39, 0.29) is 11.6 Å². The number of nitro benzene ring substituents is 1. The van der Waals surface area contributed by atoms with Crippen molar-refractivity contribution >= 4 is 29.1 Å². The van der Waals surface area contributed by atoms with Crippen molar-refractivity contribution in [1.82, 2.24) is 0 Å². The highest BCUT2D eigenvalue weighted by molar-refractivity contribution is 6.37. The molecule has 7 heteroatoms. The van der Waals surface area contributed by atoms with Crippen LogP contribution in [0.15, 0.2) is 89.5 Å². The molecule has 0 aromatic heterocycles. The number of hydrogen-bond donors (Lipinski definition) is 0. The zero-order chi connectivity index (χ0) is 25.3. The van der Waals surface area contributed by atoms with Crippen LogP contribution in [0, 0.1) is 10.1 Å². The van der Waals surface area contributed by atoms with Gasteiger partial charge in [-0.3, -0.25) is 14.9 Å². The van der Waals surface area contributed by atoms with E-state index in [0.717, 1.165) is 23.3 Å². The van der Waals surface area contributed by atoms with Gasteiger partial charge in [0.15, 0.2) is 0 Å². The second-order valence-electron chi connectivity index (χ2n) is 8.59. The molecule has 36 heavy (non-hydrogen) atoms. The summed E-state index contributed by atoms with van der Waals surface area (Å²) in [6.45, 7) is 2.89. The van der Waals surface area contributed by atoms with Crippen LogP contribution in [0.5, 0.6) is 5.75 Å². The summed E-state index contributed by atoms with van der Waals surface area (Å²) in [7, 11) is 0. The van der Waals surface area contributed by atoms with E-state index < -0.39 is 4.92 Å². The highest BCUT2D eigenvalue weighted by Gasteiger charge is 2.32. The minimum Gasteiger partial charge on any atom is -0.494 e. The molecule has 1 amide bonds. The number of carbonyl (C=O) groups excluding carboxylic acids is 1. The van der Waals surface area contributed by atoms with Crippen molar-refractivity contribution in [2.75, 3.05) is 11.6 Å². The Morgan fingerprint density at radius 1 is 0.917 bits per heavy atom. The molecule has 1 aliphatic heterocycles. The quantitative estimate of drug-likeness (QED) is 0.130. The third kappa shape index (κ3) is 6.05. The zero-order valence-electron chi connectivity index (χ0n) is 20.3. The van der Waals surface area contributed by atoms with Crippen molar-refractivity contribution in [2.45, 2.75) is 39.0 Å². The van der Waals surface area contributed by atoms with Gasteiger partial charge in [-0.2, -0.15) is 10.1 Å². The summed E-state index contributed by atoms with van der Waals surface area (Å²) in [6, 6.07) is 22.9. The second kappa shape index (κ2) is 11.9. The maximum absolute atomic E-state index is 13.4. The van der Waals surface area contributed by atoms with Gasteiger partial charge >= 0.3 is 0 Å². The van der Waals surface area contributed by atoms with Crippen LogP contribution in [-0.2, 0) is 4.79 Å². The first kappa shape index (κ1) is 24.9. The SMILES string of the molecule is CCCCCCCOc1ccc(/C=C2\C(=O)N(c3ccc([N+](=O)[O-])cc3)N=C2c2ccccc2)cc1. The summed E-state index contributed by atoms with van der Waals surface area (Å²) in [4.78, 5) is 23.9. The summed E-state index contributed by atoms with van der Waals surface area (Å²) in [6.07, 6.45) is 7.75. The molecule has 0 saturated carbocycles. The number of anilines is 1. The number of nitrogens with zero attached hydrogens (tertiary/aromatic N) is 3. The van der Waals surface area contributed by atoms with Crippen molar-refractivity contribution < 1.29 is 14.5 Å². The molecule has 0 unspecified atom stereocenters. The number of hydrogen-bond acceptors (Lipinski definition) is 5. The number of ether oxygens (including phenoxy) is 1. The average molecular weight is 484 g/mol. The second-order valence-corrected chi connectivity index (χ2v) is 8.59. The molecule has 184 valence electrons. The molecule has 3 aromatic carbocycles. The highest BCUT2D eigenvalue weighted by atomic mass is 16.6. The van der Waals surface area contributed by atoms with Gasteiger partial charge in [-0.25, -0.2) is 0 Å². The van der Waals surface area contributed by atoms with Crippen molar-refractivity contribution in [3.63, 3.8) is 0 Å². The largest absolute Gasteiger partial charge is 0.494 e. The summed E-state index contributed by atoms with van der Waals surface area (Å²) < 4.78 is 5.86. The summed E-state index contributed by atoms with van der Waals surface area (Å²) >= 11 is 0. The van der Waals surface area contributed by atoms with Crippen LogP contribution < -0.4 is 9.75 Å². The Kier molecular flexibility index (Phi) is 8.24. The van der Waals surface area contributed by atoms with Gasteiger partial charge < -0.3 is 4.74 Å². The molecule has 0 radical (unpaired) electrons. The number of carbonyl (C=O) groups is 1. The van der Waals surface area contributed by atoms with Crippen molar-refractivity contribution in [1.29, 1.82) is 0 Å². The van der Waals surface area contributed by atoms with E-state index in [1.54, 1.807) is 0 Å². The van der Waals surface area contributed by atoms with E-state index in [1.165, 1.54) is 55.0 Å². The third-order valence-electron chi connectivity index (χ3n) is 5.94. The van der Waals surface area contributed by atoms with Gasteiger partial charge in [-0.05, 0) is 42.3 Å². The number of nitro groups is 1. The molecular weight excluding hydrogens is 454 g/mol. The standard InChI is InChI=1S/C29H29N3O4/c1-2-3-4-5-9-20-36-26-18-12-22(13-19-26)21-27-28(23-10-7-6-8-11-23)30-31(29(27)33)24-14-16-25(17-15-24)32(34)35/h6-8,10-19,21H,2-5,9,20H2,1H3/b27-21-. The van der Waals surface area contributed by atoms with E-state index in [4.69, 9.17) is 4.74 Å². The molecule has 0 bridgehead atoms. The fourth-order valence-electron chi connectivity index (χ4n) is 3.97. The molecule has 0 aliphatic carbocycles. The van der Waals surface area contributed by atoms with Crippen LogP contribution in [-0.4, -0.2) is 23.1 Å². The van der Waals surface area contributed by atoms with Gasteiger partial charge in [0, 0.05) is 17.7 Å². The highest BCUT2D eigenvalue weighted by Crippen LogP contribution is 2.29. The van der Waals surface area contributed by atoms with E-state index >= 15 is 0 Å². The van der Waals surface area contributed by atoms with Crippen LogP contribution in [0.25, 0.3) is 6.08 Å². The molecular formula is C29H29N3O4. The molecule has 0 spiro atoms. The fraction of sp³-hybridized carbons (Fsp3) is 0.241. The topological polar surface area (TPSA) is 85.0 Å². The van der Waals surface area contributed by atoms with E-state index in [2.05, 4.69) is 12.0 Å². The van der Waals surface area contributed by atoms with Crippen molar-refractivity contribution in [3.8, 4) is 5.75 Å². The Balaban J connectivity index is 1.54. The van der Waals surface area contributed by atoms with Crippen LogP contribution in [0.4, 0.5) is 11.4 Å². The van der Waals surface area contributed by atoms with Crippen molar-refractivity contribution in [3.05, 3.63) is 106 Å². The predicted octanol–water partition coefficient (Wildman–Crippen LogP) is 6.78. The maximum atomic E-state index is 13.4. The predicted molar refractivity (Wildman–Crippen MR) is 142 cm³/mol. The van der Waals surface area contributed by atoms with Gasteiger partial charge in [0.25, 0.3) is 11.6 Å². The van der Waals surface area contributed by atoms with Crippen molar-refractivity contribution in [2.24, 2.45) is 5.10 Å². The molecule has 1 aliphatic rings. The lowest BCUT2D eigenvalue weighted by atomic mass is 10.0. The number of unbranched alkanes of at least 4 members (excludes halogenated alkanes) is 4. The number of hydrazone groups is 1. The van der Waals surface area contributed by atoms with Gasteiger partial charge in [-0.1, -0.05) is 75.1 Å². The van der Waals surface area contributed by atoms with Gasteiger partial charge in [-0.15, -0.1) is 0 Å². The number of amides is 1. The lowest BCUT2D eigenvalue weighted by Gasteiger charge is -2.11. The van der Waals surface area contributed by atoms with Gasteiger partial charge in [0.05, 0.1) is 22.8 Å². The van der Waals surface area contributed by atoms with Crippen LogP contribution in [0.1, 0.15) is 50.2 Å². The Bertz CT molecular complexity index is 1250. The summed E-state index contributed by atoms with van der Waals surface area (Å²) in [5, 5.41) is 16.9. The molecule has 0 fully saturated rings. The lowest BCUT2D eigenvalue weighted by molar-refractivity contribution is -0.384. The van der Waals surface area contributed by atoms with Gasteiger partial charge in [0.1, 0.15) is 11.5 Å². The number of benzene rings is 3. The number of non-ortho nitro benzene ring substituents is 1. The van der Waals surface area contributed by atoms with Gasteiger partial charge in [0.2, 0.25) is 0 Å². The smallest absolute Gasteiger partial charge is 0.281 e. The molecule has 0 atom stereocenters. The molecule has 4 rings (SSSR count). The first-order chi connectivity index (χ1) is 17.6. The van der Waals surface area contributed by atoms with E-state index in [9.17, 15) is 14.9 Å². The summed E-state index contributed by atoms with van der Waals surface area (Å²) in [5.74, 6) is 0.505. The molecule has 0 saturated heterocycles. The first-order valence-corrected chi connectivity index (χ1v) is 12.2. The number of rotatable bonds is 11. The maximum Gasteiger partial charge on any atom is 0.281 e. The zero-order valence-corrected chi connectivity index (χ0v) is 20.3. The lowest BCUT2D eigenvalue weighted by Crippen LogP contribution is -2.21. The van der Waals surface area contributed by atoms with Crippen LogP contribution in [0.2, 0.25) is 0 Å². The molecule has 1 heterocycles. The Morgan fingerprint density at radius 3 is 2.28 bits per heavy atom. The molecule has 7 nitrogen and oxygen atoms in total. The van der Waals surface area contributed by atoms with Crippen LogP contribution >= 0.6 is 0 Å². The Morgan fingerprint density at radius 2 is 1.61 bits per heavy atom. The van der Waals surface area contributed by atoms with E-state index in [0.29, 0.717) is 23.6 Å². The molecule has 3 aromatic rings. The first-order valence-electron chi connectivity index (χ1n) is 12.2. The van der Waals surface area contributed by atoms with E-state index in [1.807, 2.05) is 60.7 Å². The summed E-state index contributed by atoms with van der Waals surface area (Å²) in [5.41, 5.74) is 3.07. The van der Waals surface area contributed by atoms with Crippen LogP contribution in [0.3, 0.4) is 0 Å². The normalized spacial score (nSPS) is 14.2. The minimum atomic E-state index is -0.473. The minimum absolute atomic E-state index is 0.0447.